The van der Waals surface area contributed by atoms with Gasteiger partial charge < -0.3 is 10.6 Å². The zero-order valence-electron chi connectivity index (χ0n) is 7.79. The fourth-order valence-corrected chi connectivity index (χ4v) is 0.984. The Morgan fingerprint density at radius 3 is 3.08 bits per heavy atom. The van der Waals surface area contributed by atoms with E-state index in [1.54, 1.807) is 12.4 Å². The Bertz CT molecular complexity index is 257. The molecule has 0 saturated heterocycles. The van der Waals surface area contributed by atoms with Crippen LogP contribution < -0.4 is 10.6 Å². The number of rotatable bonds is 4. The van der Waals surface area contributed by atoms with Crippen LogP contribution in [0.1, 0.15) is 6.92 Å². The molecule has 5 nitrogen and oxygen atoms in total. The second kappa shape index (κ2) is 4.61. The van der Waals surface area contributed by atoms with Gasteiger partial charge in [0.25, 0.3) is 0 Å². The Labute approximate surface area is 76.9 Å². The summed E-state index contributed by atoms with van der Waals surface area (Å²) in [5, 5.41) is 12.0. The number of amides is 1. The zero-order chi connectivity index (χ0) is 9.68. The Morgan fingerprint density at radius 2 is 2.54 bits per heavy atom. The molecule has 0 aliphatic carbocycles. The maximum absolute atomic E-state index is 11.4. The summed E-state index contributed by atoms with van der Waals surface area (Å²) in [4.78, 5) is 11.4. The fourth-order valence-electron chi connectivity index (χ4n) is 0.984. The first kappa shape index (κ1) is 9.73. The quantitative estimate of drug-likeness (QED) is 0.623. The average molecular weight is 182 g/mol. The highest BCUT2D eigenvalue weighted by molar-refractivity contribution is 5.92. The van der Waals surface area contributed by atoms with Crippen LogP contribution in [-0.2, 0) is 4.79 Å². The second-order valence-corrected chi connectivity index (χ2v) is 2.93. The van der Waals surface area contributed by atoms with E-state index < -0.39 is 0 Å². The Balaban J connectivity index is 2.41. The van der Waals surface area contributed by atoms with Crippen molar-refractivity contribution in [2.45, 2.75) is 6.92 Å². The minimum atomic E-state index is -0.0418. The van der Waals surface area contributed by atoms with Crippen LogP contribution in [0.2, 0.25) is 0 Å². The highest BCUT2D eigenvalue weighted by atomic mass is 16.1. The average Bonchev–Trinajstić information content (AvgIpc) is 2.57. The van der Waals surface area contributed by atoms with Gasteiger partial charge in [-0.3, -0.25) is 9.89 Å². The van der Waals surface area contributed by atoms with Gasteiger partial charge in [0.05, 0.1) is 11.9 Å². The van der Waals surface area contributed by atoms with E-state index in [4.69, 9.17) is 0 Å². The number of carbonyl (C=O) groups is 1. The molecule has 1 heterocycles. The Hall–Kier alpha value is -1.36. The van der Waals surface area contributed by atoms with Crippen LogP contribution in [-0.4, -0.2) is 29.7 Å². The summed E-state index contributed by atoms with van der Waals surface area (Å²) in [6.07, 6.45) is 3.22. The smallest absolute Gasteiger partial charge is 0.228 e. The van der Waals surface area contributed by atoms with Gasteiger partial charge in [-0.15, -0.1) is 0 Å². The normalized spacial score (nSPS) is 12.5. The zero-order valence-corrected chi connectivity index (χ0v) is 7.79. The third kappa shape index (κ3) is 2.87. The maximum Gasteiger partial charge on any atom is 0.228 e. The molecule has 0 aliphatic rings. The number of carbonyl (C=O) groups excluding carboxylic acids is 1. The number of hydrogen-bond donors (Lipinski definition) is 3. The van der Waals surface area contributed by atoms with E-state index in [9.17, 15) is 4.79 Å². The molecule has 1 atom stereocenters. The van der Waals surface area contributed by atoms with E-state index in [0.29, 0.717) is 12.2 Å². The summed E-state index contributed by atoms with van der Waals surface area (Å²) in [6.45, 7) is 2.54. The van der Waals surface area contributed by atoms with Gasteiger partial charge >= 0.3 is 0 Å². The molecule has 0 bridgehead atoms. The van der Waals surface area contributed by atoms with Gasteiger partial charge in [-0.1, -0.05) is 6.92 Å². The van der Waals surface area contributed by atoms with Gasteiger partial charge in [0, 0.05) is 18.7 Å². The highest BCUT2D eigenvalue weighted by Crippen LogP contribution is 2.04. The first-order valence-electron chi connectivity index (χ1n) is 4.18. The number of aromatic amines is 1. The predicted molar refractivity (Wildman–Crippen MR) is 50.3 cm³/mol. The molecule has 1 unspecified atom stereocenters. The minimum absolute atomic E-state index is 0.00394. The molecule has 0 fully saturated rings. The summed E-state index contributed by atoms with van der Waals surface area (Å²) >= 11 is 0. The topological polar surface area (TPSA) is 69.8 Å². The van der Waals surface area contributed by atoms with E-state index in [0.717, 1.165) is 0 Å². The Morgan fingerprint density at radius 1 is 1.77 bits per heavy atom. The molecule has 3 N–H and O–H groups in total. The number of H-pyrrole nitrogens is 1. The maximum atomic E-state index is 11.4. The van der Waals surface area contributed by atoms with Crippen LogP contribution in [0.3, 0.4) is 0 Å². The van der Waals surface area contributed by atoms with Crippen LogP contribution in [0.5, 0.6) is 0 Å². The van der Waals surface area contributed by atoms with E-state index in [2.05, 4.69) is 20.8 Å². The molecule has 0 radical (unpaired) electrons. The molecule has 0 aromatic carbocycles. The van der Waals surface area contributed by atoms with Crippen molar-refractivity contribution in [3.8, 4) is 0 Å². The van der Waals surface area contributed by atoms with Crippen LogP contribution in [0.15, 0.2) is 12.4 Å². The summed E-state index contributed by atoms with van der Waals surface area (Å²) in [5.74, 6) is -0.0457. The lowest BCUT2D eigenvalue weighted by Crippen LogP contribution is -2.28. The molecule has 1 aromatic heterocycles. The monoisotopic (exact) mass is 182 g/mol. The molecular formula is C8H14N4O. The van der Waals surface area contributed by atoms with Gasteiger partial charge in [0.2, 0.25) is 5.91 Å². The first-order valence-corrected chi connectivity index (χ1v) is 4.18. The SMILES string of the molecule is CNCC(C)C(=O)Nc1cn[nH]c1. The highest BCUT2D eigenvalue weighted by Gasteiger charge is 2.11. The van der Waals surface area contributed by atoms with E-state index in [-0.39, 0.29) is 11.8 Å². The number of hydrogen-bond acceptors (Lipinski definition) is 3. The van der Waals surface area contributed by atoms with Crippen molar-refractivity contribution in [3.63, 3.8) is 0 Å². The fraction of sp³-hybridized carbons (Fsp3) is 0.500. The van der Waals surface area contributed by atoms with Crippen LogP contribution in [0.4, 0.5) is 5.69 Å². The first-order chi connectivity index (χ1) is 6.24. The van der Waals surface area contributed by atoms with E-state index in [1.807, 2.05) is 14.0 Å². The second-order valence-electron chi connectivity index (χ2n) is 2.93. The predicted octanol–water partition coefficient (Wildman–Crippen LogP) is 0.204. The molecule has 1 aromatic rings. The molecule has 1 amide bonds. The lowest BCUT2D eigenvalue weighted by molar-refractivity contribution is -0.119. The van der Waals surface area contributed by atoms with Gasteiger partial charge in [0.15, 0.2) is 0 Å². The van der Waals surface area contributed by atoms with E-state index >= 15 is 0 Å². The third-order valence-corrected chi connectivity index (χ3v) is 1.72. The largest absolute Gasteiger partial charge is 0.323 e. The van der Waals surface area contributed by atoms with Crippen molar-refractivity contribution >= 4 is 11.6 Å². The van der Waals surface area contributed by atoms with Crippen molar-refractivity contribution in [2.24, 2.45) is 5.92 Å². The standard InChI is InChI=1S/C8H14N4O/c1-6(3-9-2)8(13)12-7-4-10-11-5-7/h4-6,9H,3H2,1-2H3,(H,10,11)(H,12,13). The minimum Gasteiger partial charge on any atom is -0.323 e. The molecule has 0 aliphatic heterocycles. The van der Waals surface area contributed by atoms with Gasteiger partial charge in [-0.25, -0.2) is 0 Å². The van der Waals surface area contributed by atoms with Crippen molar-refractivity contribution < 1.29 is 4.79 Å². The van der Waals surface area contributed by atoms with Crippen molar-refractivity contribution in [1.82, 2.24) is 15.5 Å². The molecule has 5 heteroatoms. The third-order valence-electron chi connectivity index (χ3n) is 1.72. The molecule has 13 heavy (non-hydrogen) atoms. The lowest BCUT2D eigenvalue weighted by atomic mass is 10.1. The number of nitrogens with one attached hydrogen (secondary N) is 3. The summed E-state index contributed by atoms with van der Waals surface area (Å²) in [6, 6.07) is 0. The molecule has 1 rings (SSSR count). The Kier molecular flexibility index (Phi) is 3.45. The number of nitrogens with zero attached hydrogens (tertiary/aromatic N) is 1. The van der Waals surface area contributed by atoms with Crippen molar-refractivity contribution in [2.75, 3.05) is 18.9 Å². The van der Waals surface area contributed by atoms with Crippen molar-refractivity contribution in [1.29, 1.82) is 0 Å². The summed E-state index contributed by atoms with van der Waals surface area (Å²) in [7, 11) is 1.82. The number of anilines is 1. The van der Waals surface area contributed by atoms with Crippen LogP contribution >= 0.6 is 0 Å². The summed E-state index contributed by atoms with van der Waals surface area (Å²) in [5.41, 5.74) is 0.702. The number of aromatic nitrogens is 2. The van der Waals surface area contributed by atoms with Gasteiger partial charge in [-0.2, -0.15) is 5.10 Å². The van der Waals surface area contributed by atoms with Gasteiger partial charge in [0.1, 0.15) is 0 Å². The molecular weight excluding hydrogens is 168 g/mol. The summed E-state index contributed by atoms with van der Waals surface area (Å²) < 4.78 is 0. The van der Waals surface area contributed by atoms with Crippen LogP contribution in [0.25, 0.3) is 0 Å². The van der Waals surface area contributed by atoms with Crippen molar-refractivity contribution in [3.05, 3.63) is 12.4 Å². The van der Waals surface area contributed by atoms with Gasteiger partial charge in [-0.05, 0) is 7.05 Å². The lowest BCUT2D eigenvalue weighted by Gasteiger charge is -2.09. The molecule has 0 saturated carbocycles. The van der Waals surface area contributed by atoms with Crippen LogP contribution in [0, 0.1) is 5.92 Å². The molecule has 0 spiro atoms. The molecule has 72 valence electrons. The van der Waals surface area contributed by atoms with E-state index in [1.165, 1.54) is 0 Å².